The van der Waals surface area contributed by atoms with Gasteiger partial charge in [-0.1, -0.05) is 41.9 Å². The van der Waals surface area contributed by atoms with Crippen LogP contribution >= 0.6 is 11.6 Å². The molecule has 3 rings (SSSR count). The molecule has 0 aliphatic heterocycles. The lowest BCUT2D eigenvalue weighted by molar-refractivity contribution is -0.116. The van der Waals surface area contributed by atoms with Crippen LogP contribution in [0.3, 0.4) is 0 Å². The van der Waals surface area contributed by atoms with Gasteiger partial charge in [-0.05, 0) is 43.2 Å². The molecule has 0 spiro atoms. The number of amides is 1. The number of halogens is 1. The zero-order chi connectivity index (χ0) is 18.7. The topological polar surface area (TPSA) is 56.0 Å². The second-order valence-corrected chi connectivity index (χ2v) is 6.55. The van der Waals surface area contributed by atoms with Gasteiger partial charge in [-0.3, -0.25) is 14.3 Å². The van der Waals surface area contributed by atoms with E-state index in [0.29, 0.717) is 29.2 Å². The van der Waals surface area contributed by atoms with Crippen LogP contribution in [0.2, 0.25) is 5.02 Å². The first-order chi connectivity index (χ1) is 12.5. The summed E-state index contributed by atoms with van der Waals surface area (Å²) in [5.74, 6) is -0.189. The maximum atomic E-state index is 12.8. The summed E-state index contributed by atoms with van der Waals surface area (Å²) in [5, 5.41) is 3.44. The largest absolute Gasteiger partial charge is 0.320 e. The number of rotatable bonds is 5. The Morgan fingerprint density at radius 3 is 2.38 bits per heavy atom. The minimum atomic E-state index is -0.240. The fourth-order valence-corrected chi connectivity index (χ4v) is 2.95. The molecule has 5 nitrogen and oxygen atoms in total. The zero-order valence-corrected chi connectivity index (χ0v) is 15.5. The molecular formula is C20H20ClN3O2. The molecule has 6 heteroatoms. The SMILES string of the molecule is Cc1c(NC(=O)CCc2ccc(Cl)cc2)c(=O)n(-c2ccccc2)n1C. The number of nitrogens with one attached hydrogen (secondary N) is 1. The van der Waals surface area contributed by atoms with Crippen LogP contribution < -0.4 is 10.9 Å². The molecule has 0 atom stereocenters. The summed E-state index contributed by atoms with van der Waals surface area (Å²) in [4.78, 5) is 25.1. The van der Waals surface area contributed by atoms with E-state index < -0.39 is 0 Å². The highest BCUT2D eigenvalue weighted by atomic mass is 35.5. The van der Waals surface area contributed by atoms with Crippen LogP contribution in [-0.4, -0.2) is 15.3 Å². The normalized spacial score (nSPS) is 10.7. The maximum absolute atomic E-state index is 12.8. The number of carbonyl (C=O) groups is 1. The van der Waals surface area contributed by atoms with E-state index in [1.807, 2.05) is 49.4 Å². The minimum Gasteiger partial charge on any atom is -0.320 e. The Labute approximate surface area is 156 Å². The first-order valence-corrected chi connectivity index (χ1v) is 8.73. The summed E-state index contributed by atoms with van der Waals surface area (Å²) in [6.45, 7) is 1.82. The standard InChI is InChI=1S/C20H20ClN3O2/c1-14-19(20(26)24(23(14)2)17-6-4-3-5-7-17)22-18(25)13-10-15-8-11-16(21)12-9-15/h3-9,11-12H,10,13H2,1-2H3,(H,22,25). The van der Waals surface area contributed by atoms with Gasteiger partial charge in [-0.2, -0.15) is 0 Å². The van der Waals surface area contributed by atoms with Crippen molar-refractivity contribution in [1.82, 2.24) is 9.36 Å². The molecular weight excluding hydrogens is 350 g/mol. The van der Waals surface area contributed by atoms with Gasteiger partial charge in [0.2, 0.25) is 5.91 Å². The summed E-state index contributed by atoms with van der Waals surface area (Å²) >= 11 is 5.87. The van der Waals surface area contributed by atoms with Crippen LogP contribution in [0, 0.1) is 6.92 Å². The number of hydrogen-bond donors (Lipinski definition) is 1. The second-order valence-electron chi connectivity index (χ2n) is 6.11. The Morgan fingerprint density at radius 2 is 1.73 bits per heavy atom. The molecule has 0 radical (unpaired) electrons. The molecule has 2 aromatic carbocycles. The first kappa shape index (κ1) is 18.0. The van der Waals surface area contributed by atoms with Gasteiger partial charge in [0.25, 0.3) is 5.56 Å². The molecule has 0 aliphatic rings. The lowest BCUT2D eigenvalue weighted by atomic mass is 10.1. The number of benzene rings is 2. The number of anilines is 1. The predicted molar refractivity (Wildman–Crippen MR) is 104 cm³/mol. The van der Waals surface area contributed by atoms with Crippen molar-refractivity contribution in [2.75, 3.05) is 5.32 Å². The third-order valence-electron chi connectivity index (χ3n) is 4.37. The van der Waals surface area contributed by atoms with Crippen molar-refractivity contribution in [1.29, 1.82) is 0 Å². The van der Waals surface area contributed by atoms with Crippen molar-refractivity contribution in [3.63, 3.8) is 0 Å². The highest BCUT2D eigenvalue weighted by molar-refractivity contribution is 6.30. The summed E-state index contributed by atoms with van der Waals surface area (Å²) in [7, 11) is 1.80. The molecule has 0 saturated carbocycles. The number of carbonyl (C=O) groups excluding carboxylic acids is 1. The molecule has 1 amide bonds. The molecule has 26 heavy (non-hydrogen) atoms. The Balaban J connectivity index is 1.76. The van der Waals surface area contributed by atoms with E-state index in [2.05, 4.69) is 5.32 Å². The van der Waals surface area contributed by atoms with Crippen molar-refractivity contribution in [3.05, 3.63) is 81.2 Å². The fourth-order valence-electron chi connectivity index (χ4n) is 2.82. The van der Waals surface area contributed by atoms with Crippen molar-refractivity contribution in [3.8, 4) is 5.69 Å². The van der Waals surface area contributed by atoms with Crippen LogP contribution in [0.4, 0.5) is 5.69 Å². The summed E-state index contributed by atoms with van der Waals surface area (Å²) in [5.41, 5.74) is 2.56. The number of para-hydroxylation sites is 1. The highest BCUT2D eigenvalue weighted by Crippen LogP contribution is 2.15. The fraction of sp³-hybridized carbons (Fsp3) is 0.200. The Kier molecular flexibility index (Phi) is 5.28. The molecule has 0 unspecified atom stereocenters. The van der Waals surface area contributed by atoms with Crippen molar-refractivity contribution >= 4 is 23.2 Å². The number of nitrogens with zero attached hydrogens (tertiary/aromatic N) is 2. The average Bonchev–Trinajstić information content (AvgIpc) is 2.85. The van der Waals surface area contributed by atoms with E-state index in [0.717, 1.165) is 11.3 Å². The van der Waals surface area contributed by atoms with Crippen LogP contribution in [-0.2, 0) is 18.3 Å². The Hall–Kier alpha value is -2.79. The van der Waals surface area contributed by atoms with Crippen LogP contribution in [0.5, 0.6) is 0 Å². The lowest BCUT2D eigenvalue weighted by Crippen LogP contribution is -2.23. The van der Waals surface area contributed by atoms with Gasteiger partial charge in [0.15, 0.2) is 0 Å². The smallest absolute Gasteiger partial charge is 0.295 e. The second kappa shape index (κ2) is 7.62. The zero-order valence-electron chi connectivity index (χ0n) is 14.7. The Morgan fingerprint density at radius 1 is 1.08 bits per heavy atom. The van der Waals surface area contributed by atoms with E-state index >= 15 is 0 Å². The molecule has 0 aliphatic carbocycles. The van der Waals surface area contributed by atoms with Gasteiger partial charge in [-0.15, -0.1) is 0 Å². The van der Waals surface area contributed by atoms with Gasteiger partial charge in [0, 0.05) is 18.5 Å². The third-order valence-corrected chi connectivity index (χ3v) is 4.62. The summed E-state index contributed by atoms with van der Waals surface area (Å²) < 4.78 is 3.29. The lowest BCUT2D eigenvalue weighted by Gasteiger charge is -2.07. The minimum absolute atomic E-state index is 0.189. The molecule has 134 valence electrons. The van der Waals surface area contributed by atoms with Crippen LogP contribution in [0.15, 0.2) is 59.4 Å². The average molecular weight is 370 g/mol. The highest BCUT2D eigenvalue weighted by Gasteiger charge is 2.17. The van der Waals surface area contributed by atoms with E-state index in [1.165, 1.54) is 0 Å². The van der Waals surface area contributed by atoms with Gasteiger partial charge >= 0.3 is 0 Å². The predicted octanol–water partition coefficient (Wildman–Crippen LogP) is 3.71. The van der Waals surface area contributed by atoms with E-state index in [9.17, 15) is 9.59 Å². The summed E-state index contributed by atoms with van der Waals surface area (Å²) in [6.07, 6.45) is 0.877. The molecule has 1 heterocycles. The quantitative estimate of drug-likeness (QED) is 0.745. The number of aromatic nitrogens is 2. The summed E-state index contributed by atoms with van der Waals surface area (Å²) in [6, 6.07) is 16.7. The van der Waals surface area contributed by atoms with Gasteiger partial charge in [0.1, 0.15) is 5.69 Å². The number of hydrogen-bond acceptors (Lipinski definition) is 2. The molecule has 0 fully saturated rings. The number of aryl methyl sites for hydroxylation is 1. The Bertz CT molecular complexity index is 973. The van der Waals surface area contributed by atoms with Crippen molar-refractivity contribution < 1.29 is 4.79 Å². The monoisotopic (exact) mass is 369 g/mol. The third kappa shape index (κ3) is 3.73. The van der Waals surface area contributed by atoms with Crippen LogP contribution in [0.25, 0.3) is 5.69 Å². The molecule has 1 N–H and O–H groups in total. The van der Waals surface area contributed by atoms with Crippen LogP contribution in [0.1, 0.15) is 17.7 Å². The molecule has 0 saturated heterocycles. The van der Waals surface area contributed by atoms with Gasteiger partial charge in [-0.25, -0.2) is 4.68 Å². The van der Waals surface area contributed by atoms with Gasteiger partial charge < -0.3 is 5.32 Å². The maximum Gasteiger partial charge on any atom is 0.295 e. The van der Waals surface area contributed by atoms with Gasteiger partial charge in [0.05, 0.1) is 11.4 Å². The van der Waals surface area contributed by atoms with E-state index in [1.54, 1.807) is 28.5 Å². The van der Waals surface area contributed by atoms with E-state index in [4.69, 9.17) is 11.6 Å². The van der Waals surface area contributed by atoms with E-state index in [-0.39, 0.29) is 11.5 Å². The molecule has 3 aromatic rings. The van der Waals surface area contributed by atoms with Crippen molar-refractivity contribution in [2.45, 2.75) is 19.8 Å². The molecule has 1 aromatic heterocycles. The first-order valence-electron chi connectivity index (χ1n) is 8.35. The molecule has 0 bridgehead atoms. The van der Waals surface area contributed by atoms with Crippen molar-refractivity contribution in [2.24, 2.45) is 7.05 Å².